The van der Waals surface area contributed by atoms with Crippen molar-refractivity contribution >= 4 is 23.2 Å². The van der Waals surface area contributed by atoms with Gasteiger partial charge in [-0.15, -0.1) is 0 Å². The molecule has 2 aromatic carbocycles. The van der Waals surface area contributed by atoms with Gasteiger partial charge in [0.1, 0.15) is 6.04 Å². The minimum Gasteiger partial charge on any atom is -0.341 e. The monoisotopic (exact) mass is 313 g/mol. The van der Waals surface area contributed by atoms with E-state index >= 15 is 0 Å². The maximum atomic E-state index is 12.1. The van der Waals surface area contributed by atoms with Crippen LogP contribution in [0, 0.1) is 10.1 Å². The topological polar surface area (TPSA) is 101 Å². The average Bonchev–Trinajstić information content (AvgIpc) is 2.55. The van der Waals surface area contributed by atoms with E-state index in [0.29, 0.717) is 11.3 Å². The first-order valence-corrected chi connectivity index (χ1v) is 6.88. The van der Waals surface area contributed by atoms with Crippen LogP contribution in [0.4, 0.5) is 11.4 Å². The lowest BCUT2D eigenvalue weighted by Gasteiger charge is -2.14. The summed E-state index contributed by atoms with van der Waals surface area (Å²) in [5.41, 5.74) is 0.622. The van der Waals surface area contributed by atoms with E-state index in [4.69, 9.17) is 0 Å². The van der Waals surface area contributed by atoms with E-state index in [-0.39, 0.29) is 11.6 Å². The van der Waals surface area contributed by atoms with E-state index in [1.54, 1.807) is 30.3 Å². The third kappa shape index (κ3) is 4.37. The summed E-state index contributed by atoms with van der Waals surface area (Å²) < 4.78 is 0. The summed E-state index contributed by atoms with van der Waals surface area (Å²) in [6, 6.07) is 13.3. The Morgan fingerprint density at radius 2 is 1.78 bits per heavy atom. The Morgan fingerprint density at radius 1 is 1.09 bits per heavy atom. The summed E-state index contributed by atoms with van der Waals surface area (Å²) in [5.74, 6) is -0.831. The molecule has 0 heterocycles. The van der Waals surface area contributed by atoms with Crippen LogP contribution < -0.4 is 10.6 Å². The number of carbonyl (C=O) groups excluding carboxylic acids is 2. The normalized spacial score (nSPS) is 11.3. The van der Waals surface area contributed by atoms with Gasteiger partial charge in [-0.25, -0.2) is 0 Å². The van der Waals surface area contributed by atoms with Crippen molar-refractivity contribution in [3.05, 3.63) is 70.3 Å². The van der Waals surface area contributed by atoms with Crippen molar-refractivity contribution in [3.8, 4) is 0 Å². The van der Waals surface area contributed by atoms with Crippen molar-refractivity contribution in [2.75, 3.05) is 5.32 Å². The van der Waals surface area contributed by atoms with Crippen LogP contribution in [-0.4, -0.2) is 22.8 Å². The zero-order valence-corrected chi connectivity index (χ0v) is 12.4. The summed E-state index contributed by atoms with van der Waals surface area (Å²) in [6.45, 7) is 1.54. The van der Waals surface area contributed by atoms with Crippen molar-refractivity contribution in [2.24, 2.45) is 0 Å². The first-order valence-electron chi connectivity index (χ1n) is 6.88. The predicted molar refractivity (Wildman–Crippen MR) is 85.1 cm³/mol. The van der Waals surface area contributed by atoms with Gasteiger partial charge in [-0.05, 0) is 25.1 Å². The van der Waals surface area contributed by atoms with Gasteiger partial charge in [-0.1, -0.05) is 24.3 Å². The lowest BCUT2D eigenvalue weighted by Crippen LogP contribution is -2.41. The van der Waals surface area contributed by atoms with Crippen LogP contribution in [0.1, 0.15) is 17.3 Å². The minimum atomic E-state index is -0.790. The molecular formula is C16H15N3O4. The number of nitrogens with one attached hydrogen (secondary N) is 2. The highest BCUT2D eigenvalue weighted by Gasteiger charge is 2.17. The molecule has 0 saturated carbocycles. The van der Waals surface area contributed by atoms with Gasteiger partial charge in [-0.2, -0.15) is 0 Å². The molecule has 0 bridgehead atoms. The molecule has 2 N–H and O–H groups in total. The lowest BCUT2D eigenvalue weighted by atomic mass is 10.2. The maximum absolute atomic E-state index is 12.1. The molecule has 2 aromatic rings. The van der Waals surface area contributed by atoms with Gasteiger partial charge in [0, 0.05) is 23.4 Å². The Morgan fingerprint density at radius 3 is 2.43 bits per heavy atom. The van der Waals surface area contributed by atoms with Crippen molar-refractivity contribution < 1.29 is 14.5 Å². The number of carbonyl (C=O) groups is 2. The smallest absolute Gasteiger partial charge is 0.271 e. The largest absolute Gasteiger partial charge is 0.341 e. The second-order valence-corrected chi connectivity index (χ2v) is 4.86. The van der Waals surface area contributed by atoms with E-state index in [1.165, 1.54) is 31.2 Å². The minimum absolute atomic E-state index is 0.122. The van der Waals surface area contributed by atoms with E-state index in [9.17, 15) is 19.7 Å². The Hall–Kier alpha value is -3.22. The molecule has 2 amide bonds. The number of nitrogens with zero attached hydrogens (tertiary/aromatic N) is 1. The molecule has 0 aromatic heterocycles. The van der Waals surface area contributed by atoms with Crippen molar-refractivity contribution in [2.45, 2.75) is 13.0 Å². The standard InChI is InChI=1S/C16H15N3O4/c1-11(17-16(21)12-6-3-2-4-7-12)15(20)18-13-8-5-9-14(10-13)19(22)23/h2-11H,1H3,(H,17,21)(H,18,20). The van der Waals surface area contributed by atoms with Crippen LogP contribution in [0.3, 0.4) is 0 Å². The van der Waals surface area contributed by atoms with Gasteiger partial charge >= 0.3 is 0 Å². The summed E-state index contributed by atoms with van der Waals surface area (Å²) in [6.07, 6.45) is 0. The predicted octanol–water partition coefficient (Wildman–Crippen LogP) is 2.35. The lowest BCUT2D eigenvalue weighted by molar-refractivity contribution is -0.384. The van der Waals surface area contributed by atoms with Crippen LogP contribution in [0.15, 0.2) is 54.6 Å². The Labute approximate surface area is 132 Å². The Bertz CT molecular complexity index is 731. The number of anilines is 1. The SMILES string of the molecule is CC(NC(=O)c1ccccc1)C(=O)Nc1cccc([N+](=O)[O-])c1. The third-order valence-corrected chi connectivity index (χ3v) is 3.10. The Kier molecular flexibility index (Phi) is 5.03. The number of nitro groups is 1. The molecule has 0 radical (unpaired) electrons. The highest BCUT2D eigenvalue weighted by Crippen LogP contribution is 2.17. The number of amides is 2. The van der Waals surface area contributed by atoms with E-state index in [0.717, 1.165) is 0 Å². The highest BCUT2D eigenvalue weighted by molar-refractivity contribution is 6.01. The third-order valence-electron chi connectivity index (χ3n) is 3.10. The molecule has 118 valence electrons. The fourth-order valence-electron chi connectivity index (χ4n) is 1.88. The zero-order valence-electron chi connectivity index (χ0n) is 12.4. The van der Waals surface area contributed by atoms with Crippen LogP contribution in [0.25, 0.3) is 0 Å². The quantitative estimate of drug-likeness (QED) is 0.653. The zero-order chi connectivity index (χ0) is 16.8. The molecule has 0 spiro atoms. The molecular weight excluding hydrogens is 298 g/mol. The molecule has 7 heteroatoms. The van der Waals surface area contributed by atoms with Crippen LogP contribution in [0.2, 0.25) is 0 Å². The second kappa shape index (κ2) is 7.17. The number of hydrogen-bond donors (Lipinski definition) is 2. The van der Waals surface area contributed by atoms with Crippen LogP contribution in [-0.2, 0) is 4.79 Å². The number of hydrogen-bond acceptors (Lipinski definition) is 4. The molecule has 1 unspecified atom stereocenters. The number of non-ortho nitro benzene ring substituents is 1. The van der Waals surface area contributed by atoms with Crippen molar-refractivity contribution in [3.63, 3.8) is 0 Å². The first kappa shape index (κ1) is 16.2. The van der Waals surface area contributed by atoms with E-state index in [1.807, 2.05) is 0 Å². The summed E-state index contributed by atoms with van der Waals surface area (Å²) in [7, 11) is 0. The molecule has 1 atom stereocenters. The second-order valence-electron chi connectivity index (χ2n) is 4.86. The van der Waals surface area contributed by atoms with Crippen LogP contribution in [0.5, 0.6) is 0 Å². The van der Waals surface area contributed by atoms with E-state index < -0.39 is 16.9 Å². The molecule has 0 aliphatic carbocycles. The number of benzene rings is 2. The summed E-state index contributed by atoms with van der Waals surface area (Å²) in [4.78, 5) is 34.2. The molecule has 0 aliphatic rings. The van der Waals surface area contributed by atoms with Crippen LogP contribution >= 0.6 is 0 Å². The molecule has 0 aliphatic heterocycles. The summed E-state index contributed by atoms with van der Waals surface area (Å²) in [5, 5.41) is 15.8. The van der Waals surface area contributed by atoms with E-state index in [2.05, 4.69) is 10.6 Å². The first-order chi connectivity index (χ1) is 11.0. The highest BCUT2D eigenvalue weighted by atomic mass is 16.6. The van der Waals surface area contributed by atoms with Gasteiger partial charge in [0.05, 0.1) is 4.92 Å². The average molecular weight is 313 g/mol. The van der Waals surface area contributed by atoms with Gasteiger partial charge < -0.3 is 10.6 Å². The van der Waals surface area contributed by atoms with Gasteiger partial charge in [0.15, 0.2) is 0 Å². The molecule has 7 nitrogen and oxygen atoms in total. The van der Waals surface area contributed by atoms with Gasteiger partial charge in [-0.3, -0.25) is 19.7 Å². The number of rotatable bonds is 5. The molecule has 2 rings (SSSR count). The Balaban J connectivity index is 1.99. The summed E-state index contributed by atoms with van der Waals surface area (Å²) >= 11 is 0. The van der Waals surface area contributed by atoms with Crippen molar-refractivity contribution in [1.82, 2.24) is 5.32 Å². The van der Waals surface area contributed by atoms with Crippen molar-refractivity contribution in [1.29, 1.82) is 0 Å². The van der Waals surface area contributed by atoms with Gasteiger partial charge in [0.25, 0.3) is 11.6 Å². The fraction of sp³-hybridized carbons (Fsp3) is 0.125. The number of nitro benzene ring substituents is 1. The molecule has 0 saturated heterocycles. The molecule has 0 fully saturated rings. The molecule has 23 heavy (non-hydrogen) atoms. The van der Waals surface area contributed by atoms with Gasteiger partial charge in [0.2, 0.25) is 5.91 Å². The maximum Gasteiger partial charge on any atom is 0.271 e. The fourth-order valence-corrected chi connectivity index (χ4v) is 1.88.